The Morgan fingerprint density at radius 2 is 1.85 bits per heavy atom. The number of nitrogens with one attached hydrogen (secondary N) is 1. The second-order valence-electron chi connectivity index (χ2n) is 14.6. The molecule has 0 amide bonds. The number of benzene rings is 1. The van der Waals surface area contributed by atoms with Crippen LogP contribution in [-0.2, 0) is 5.41 Å². The lowest BCUT2D eigenvalue weighted by Gasteiger charge is -2.40. The van der Waals surface area contributed by atoms with E-state index in [1.54, 1.807) is 16.7 Å². The summed E-state index contributed by atoms with van der Waals surface area (Å²) < 4.78 is 0. The highest BCUT2D eigenvalue weighted by Gasteiger charge is 2.55. The topological polar surface area (TPSA) is 15.3 Å². The molecule has 1 heterocycles. The van der Waals surface area contributed by atoms with Gasteiger partial charge in [-0.2, -0.15) is 0 Å². The van der Waals surface area contributed by atoms with E-state index < -0.39 is 0 Å². The quantitative estimate of drug-likeness (QED) is 0.416. The van der Waals surface area contributed by atoms with Gasteiger partial charge in [-0.3, -0.25) is 0 Å². The Morgan fingerprint density at radius 1 is 1.05 bits per heavy atom. The number of rotatable bonds is 5. The van der Waals surface area contributed by atoms with Crippen molar-refractivity contribution in [1.82, 2.24) is 10.2 Å². The van der Waals surface area contributed by atoms with Crippen LogP contribution in [0.25, 0.3) is 5.57 Å². The third kappa shape index (κ3) is 5.78. The van der Waals surface area contributed by atoms with E-state index in [1.165, 1.54) is 80.2 Å². The van der Waals surface area contributed by atoms with Crippen LogP contribution < -0.4 is 5.32 Å². The van der Waals surface area contributed by atoms with Gasteiger partial charge in [-0.05, 0) is 116 Å². The van der Waals surface area contributed by atoms with Crippen molar-refractivity contribution < 1.29 is 0 Å². The minimum absolute atomic E-state index is 0.231. The molecule has 0 saturated heterocycles. The molecule has 1 aromatic carbocycles. The third-order valence-corrected chi connectivity index (χ3v) is 10.5. The lowest BCUT2D eigenvalue weighted by atomic mass is 9.76. The van der Waals surface area contributed by atoms with Crippen LogP contribution in [0.2, 0.25) is 0 Å². The van der Waals surface area contributed by atoms with Crippen molar-refractivity contribution in [3.05, 3.63) is 88.7 Å². The Morgan fingerprint density at radius 3 is 2.54 bits per heavy atom. The SMILES string of the molecule is C=C(CNC12CC3CC(C1)C(C3)C2)N1CC2=C(CCC(C)=C2)C1.CC(C)(C)c1cccc(C2=CCCC=C2)c1. The largest absolute Gasteiger partial charge is 0.366 e. The molecule has 7 aliphatic rings. The normalized spacial score (nSPS) is 30.7. The molecule has 4 fully saturated rings. The van der Waals surface area contributed by atoms with Gasteiger partial charge in [0.1, 0.15) is 0 Å². The van der Waals surface area contributed by atoms with Crippen LogP contribution in [0.3, 0.4) is 0 Å². The molecule has 1 aliphatic heterocycles. The maximum atomic E-state index is 4.42. The van der Waals surface area contributed by atoms with E-state index in [9.17, 15) is 0 Å². The van der Waals surface area contributed by atoms with Crippen molar-refractivity contribution >= 4 is 5.57 Å². The molecule has 2 heteroatoms. The summed E-state index contributed by atoms with van der Waals surface area (Å²) in [6, 6.07) is 8.91. The second-order valence-corrected chi connectivity index (χ2v) is 14.6. The Bertz CT molecular complexity index is 1210. The molecule has 2 atom stereocenters. The van der Waals surface area contributed by atoms with Gasteiger partial charge in [0.05, 0.1) is 0 Å². The van der Waals surface area contributed by atoms with Gasteiger partial charge < -0.3 is 10.2 Å². The lowest BCUT2D eigenvalue weighted by Crippen LogP contribution is -2.49. The Hall–Kier alpha value is -2.32. The monoisotopic (exact) mass is 522 g/mol. The van der Waals surface area contributed by atoms with Crippen LogP contribution in [0.1, 0.15) is 96.6 Å². The van der Waals surface area contributed by atoms with Gasteiger partial charge in [0, 0.05) is 30.9 Å². The zero-order chi connectivity index (χ0) is 27.2. The number of allylic oxidation sites excluding steroid dienone is 5. The molecule has 0 aromatic heterocycles. The zero-order valence-corrected chi connectivity index (χ0v) is 25.0. The standard InChI is InChI=1S/C21H30N2.C16H20/c1-14-3-4-17-12-23(13-20(17)5-14)15(2)11-22-21-8-16-6-18(9-21)19(7-16)10-21;1-16(2,3)15-11-7-10-14(12-15)13-8-5-4-6-9-13/h5,16,18-19,22H,2-4,6-13H2,1H3;5,7-12H,4,6H2,1-3H3. The fraction of sp³-hybridized carbons (Fsp3) is 0.568. The van der Waals surface area contributed by atoms with Gasteiger partial charge in [-0.25, -0.2) is 0 Å². The maximum Gasteiger partial charge on any atom is 0.0430 e. The fourth-order valence-electron chi connectivity index (χ4n) is 8.45. The van der Waals surface area contributed by atoms with Gasteiger partial charge in [-0.1, -0.05) is 81.5 Å². The van der Waals surface area contributed by atoms with Crippen LogP contribution in [-0.4, -0.2) is 30.1 Å². The summed E-state index contributed by atoms with van der Waals surface area (Å²) in [5.74, 6) is 3.12. The summed E-state index contributed by atoms with van der Waals surface area (Å²) >= 11 is 0. The van der Waals surface area contributed by atoms with Crippen LogP contribution in [0.4, 0.5) is 0 Å². The van der Waals surface area contributed by atoms with Crippen molar-refractivity contribution in [3.63, 3.8) is 0 Å². The van der Waals surface area contributed by atoms with Crippen molar-refractivity contribution in [1.29, 1.82) is 0 Å². The van der Waals surface area contributed by atoms with E-state index in [4.69, 9.17) is 0 Å². The van der Waals surface area contributed by atoms with Gasteiger partial charge in [0.2, 0.25) is 0 Å². The molecule has 208 valence electrons. The van der Waals surface area contributed by atoms with Crippen LogP contribution >= 0.6 is 0 Å². The van der Waals surface area contributed by atoms with Crippen LogP contribution in [0.5, 0.6) is 0 Å². The second kappa shape index (κ2) is 10.6. The van der Waals surface area contributed by atoms with E-state index >= 15 is 0 Å². The first-order chi connectivity index (χ1) is 18.7. The molecule has 0 radical (unpaired) electrons. The van der Waals surface area contributed by atoms with Crippen LogP contribution in [0.15, 0.2) is 77.6 Å². The molecular formula is C37H50N2. The molecule has 0 spiro atoms. The Kier molecular flexibility index (Phi) is 7.29. The van der Waals surface area contributed by atoms with E-state index in [1.807, 2.05) is 0 Å². The summed E-state index contributed by atoms with van der Waals surface area (Å²) in [5.41, 5.74) is 10.9. The number of nitrogens with zero attached hydrogens (tertiary/aromatic N) is 1. The highest BCUT2D eigenvalue weighted by Crippen LogP contribution is 2.59. The summed E-state index contributed by atoms with van der Waals surface area (Å²) in [6.07, 6.45) is 21.5. The molecule has 2 unspecified atom stereocenters. The lowest BCUT2D eigenvalue weighted by molar-refractivity contribution is 0.185. The molecule has 1 aromatic rings. The summed E-state index contributed by atoms with van der Waals surface area (Å²) in [6.45, 7) is 16.7. The van der Waals surface area contributed by atoms with Gasteiger partial charge >= 0.3 is 0 Å². The average Bonchev–Trinajstić information content (AvgIpc) is 3.55. The predicted molar refractivity (Wildman–Crippen MR) is 167 cm³/mol. The fourth-order valence-corrected chi connectivity index (χ4v) is 8.45. The van der Waals surface area contributed by atoms with Gasteiger partial charge in [0.15, 0.2) is 0 Å². The van der Waals surface area contributed by atoms with Crippen molar-refractivity contribution in [2.24, 2.45) is 17.8 Å². The minimum atomic E-state index is 0.231. The molecule has 4 bridgehead atoms. The first-order valence-corrected chi connectivity index (χ1v) is 15.7. The molecule has 2 nitrogen and oxygen atoms in total. The van der Waals surface area contributed by atoms with Crippen LogP contribution in [0, 0.1) is 17.8 Å². The van der Waals surface area contributed by atoms with E-state index in [0.717, 1.165) is 37.4 Å². The van der Waals surface area contributed by atoms with E-state index in [-0.39, 0.29) is 5.41 Å². The van der Waals surface area contributed by atoms with E-state index in [0.29, 0.717) is 5.54 Å². The number of hydrogen-bond donors (Lipinski definition) is 1. The van der Waals surface area contributed by atoms with Crippen molar-refractivity contribution in [3.8, 4) is 0 Å². The molecule has 1 N–H and O–H groups in total. The summed E-state index contributed by atoms with van der Waals surface area (Å²) in [7, 11) is 0. The first-order valence-electron chi connectivity index (χ1n) is 15.7. The smallest absolute Gasteiger partial charge is 0.0430 e. The number of hydrogen-bond acceptors (Lipinski definition) is 2. The average molecular weight is 523 g/mol. The summed E-state index contributed by atoms with van der Waals surface area (Å²) in [5, 5.41) is 3.98. The molecular weight excluding hydrogens is 472 g/mol. The van der Waals surface area contributed by atoms with Crippen molar-refractivity contribution in [2.45, 2.75) is 96.4 Å². The Balaban J connectivity index is 0.000000153. The highest BCUT2D eigenvalue weighted by molar-refractivity contribution is 5.75. The first kappa shape index (κ1) is 26.9. The molecule has 8 rings (SSSR count). The maximum absolute atomic E-state index is 4.42. The van der Waals surface area contributed by atoms with E-state index in [2.05, 4.69) is 93.1 Å². The summed E-state index contributed by atoms with van der Waals surface area (Å²) in [4.78, 5) is 2.51. The predicted octanol–water partition coefficient (Wildman–Crippen LogP) is 8.74. The Labute approximate surface area is 238 Å². The van der Waals surface area contributed by atoms with Gasteiger partial charge in [-0.15, -0.1) is 0 Å². The third-order valence-electron chi connectivity index (χ3n) is 10.5. The minimum Gasteiger partial charge on any atom is -0.366 e. The molecule has 6 aliphatic carbocycles. The van der Waals surface area contributed by atoms with Gasteiger partial charge in [0.25, 0.3) is 0 Å². The molecule has 39 heavy (non-hydrogen) atoms. The zero-order valence-electron chi connectivity index (χ0n) is 25.0. The van der Waals surface area contributed by atoms with Crippen molar-refractivity contribution in [2.75, 3.05) is 19.6 Å². The molecule has 4 saturated carbocycles. The highest BCUT2D eigenvalue weighted by atomic mass is 15.2.